The van der Waals surface area contributed by atoms with Crippen LogP contribution in [-0.4, -0.2) is 45.5 Å². The molecule has 0 saturated carbocycles. The van der Waals surface area contributed by atoms with Gasteiger partial charge in [0, 0.05) is 30.9 Å². The maximum atomic E-state index is 5.26. The average molecular weight is 386 g/mol. The van der Waals surface area contributed by atoms with Crippen LogP contribution in [0.15, 0.2) is 60.8 Å². The maximum absolute atomic E-state index is 5.26. The van der Waals surface area contributed by atoms with Crippen LogP contribution in [0.3, 0.4) is 0 Å². The van der Waals surface area contributed by atoms with Crippen LogP contribution in [0.2, 0.25) is 0 Å². The lowest BCUT2D eigenvalue weighted by Gasteiger charge is -2.30. The fraction of sp³-hybridized carbons (Fsp3) is 0.273. The predicted octanol–water partition coefficient (Wildman–Crippen LogP) is 3.02. The lowest BCUT2D eigenvalue weighted by molar-refractivity contribution is 0.181. The minimum absolute atomic E-state index is 0.0879. The number of nitrogens with zero attached hydrogens (tertiary/aromatic N) is 6. The summed E-state index contributed by atoms with van der Waals surface area (Å²) in [7, 11) is 1.69. The van der Waals surface area contributed by atoms with Crippen LogP contribution in [-0.2, 0) is 17.7 Å². The minimum atomic E-state index is -0.0879. The van der Waals surface area contributed by atoms with E-state index in [2.05, 4.69) is 73.9 Å². The van der Waals surface area contributed by atoms with Gasteiger partial charge in [-0.2, -0.15) is 0 Å². The van der Waals surface area contributed by atoms with Crippen molar-refractivity contribution in [3.8, 4) is 0 Å². The number of rotatable bonds is 6. The van der Waals surface area contributed by atoms with Crippen LogP contribution >= 0.6 is 0 Å². The van der Waals surface area contributed by atoms with E-state index in [1.807, 2.05) is 16.9 Å². The third-order valence-electron chi connectivity index (χ3n) is 5.49. The van der Waals surface area contributed by atoms with E-state index in [0.29, 0.717) is 13.2 Å². The summed E-state index contributed by atoms with van der Waals surface area (Å²) in [6, 6.07) is 18.9. The molecule has 0 aliphatic carbocycles. The first-order valence-electron chi connectivity index (χ1n) is 9.79. The number of fused-ring (bicyclic) bond motifs is 2. The van der Waals surface area contributed by atoms with E-state index in [4.69, 9.17) is 4.74 Å². The zero-order valence-electron chi connectivity index (χ0n) is 16.3. The van der Waals surface area contributed by atoms with Crippen LogP contribution in [0.4, 0.5) is 5.69 Å². The van der Waals surface area contributed by atoms with Gasteiger partial charge in [0.05, 0.1) is 18.7 Å². The van der Waals surface area contributed by atoms with Gasteiger partial charge >= 0.3 is 0 Å². The van der Waals surface area contributed by atoms with Crippen LogP contribution in [0.1, 0.15) is 23.0 Å². The van der Waals surface area contributed by atoms with E-state index < -0.39 is 0 Å². The standard InChI is InChI=1S/C22H22N6O/c1-29-14-13-28-22(24-25-26-28)21(27-12-10-16-5-2-3-7-20(16)27)18-8-9-19-17(15-18)6-4-11-23-19/h2-9,11,15,21H,10,12-14H2,1H3. The van der Waals surface area contributed by atoms with Gasteiger partial charge < -0.3 is 9.64 Å². The van der Waals surface area contributed by atoms with Gasteiger partial charge in [-0.1, -0.05) is 30.3 Å². The minimum Gasteiger partial charge on any atom is -0.383 e. The number of aromatic nitrogens is 5. The lowest BCUT2D eigenvalue weighted by Crippen LogP contribution is -2.30. The number of methoxy groups -OCH3 is 1. The molecule has 0 spiro atoms. The Morgan fingerprint density at radius 2 is 2.03 bits per heavy atom. The number of benzene rings is 2. The zero-order valence-corrected chi connectivity index (χ0v) is 16.3. The smallest absolute Gasteiger partial charge is 0.178 e. The van der Waals surface area contributed by atoms with Gasteiger partial charge in [0.15, 0.2) is 5.82 Å². The molecule has 2 aromatic heterocycles. The molecule has 2 aromatic carbocycles. The monoisotopic (exact) mass is 386 g/mol. The van der Waals surface area contributed by atoms with E-state index in [-0.39, 0.29) is 6.04 Å². The molecule has 0 radical (unpaired) electrons. The molecule has 3 heterocycles. The Morgan fingerprint density at radius 3 is 2.97 bits per heavy atom. The molecule has 0 amide bonds. The lowest BCUT2D eigenvalue weighted by atomic mass is 10.0. The van der Waals surface area contributed by atoms with Crippen molar-refractivity contribution in [2.24, 2.45) is 0 Å². The number of anilines is 1. The van der Waals surface area contributed by atoms with E-state index in [0.717, 1.165) is 35.3 Å². The van der Waals surface area contributed by atoms with Gasteiger partial charge in [-0.25, -0.2) is 4.68 Å². The van der Waals surface area contributed by atoms with Gasteiger partial charge in [0.1, 0.15) is 6.04 Å². The molecule has 4 aromatic rings. The molecule has 7 heteroatoms. The topological polar surface area (TPSA) is 69.0 Å². The van der Waals surface area contributed by atoms with Crippen LogP contribution in [0, 0.1) is 0 Å². The highest BCUT2D eigenvalue weighted by Gasteiger charge is 2.32. The SMILES string of the molecule is COCCn1nnnc1C(c1ccc2ncccc2c1)N1CCc2ccccc21. The van der Waals surface area contributed by atoms with E-state index in [9.17, 15) is 0 Å². The normalized spacial score (nSPS) is 14.3. The quantitative estimate of drug-likeness (QED) is 0.507. The summed E-state index contributed by atoms with van der Waals surface area (Å²) in [5.74, 6) is 0.821. The van der Waals surface area contributed by atoms with Crippen molar-refractivity contribution < 1.29 is 4.74 Å². The van der Waals surface area contributed by atoms with Crippen LogP contribution < -0.4 is 4.90 Å². The summed E-state index contributed by atoms with van der Waals surface area (Å²) in [5.41, 5.74) is 4.73. The number of pyridine rings is 1. The highest BCUT2D eigenvalue weighted by Crippen LogP contribution is 2.38. The van der Waals surface area contributed by atoms with Crippen molar-refractivity contribution in [1.29, 1.82) is 0 Å². The first kappa shape index (κ1) is 17.8. The fourth-order valence-corrected chi connectivity index (χ4v) is 4.11. The molecule has 1 aliphatic heterocycles. The van der Waals surface area contributed by atoms with Gasteiger partial charge in [0.25, 0.3) is 0 Å². The van der Waals surface area contributed by atoms with Crippen molar-refractivity contribution in [3.63, 3.8) is 0 Å². The van der Waals surface area contributed by atoms with Crippen LogP contribution in [0.25, 0.3) is 10.9 Å². The maximum Gasteiger partial charge on any atom is 0.178 e. The second-order valence-corrected chi connectivity index (χ2v) is 7.18. The largest absolute Gasteiger partial charge is 0.383 e. The van der Waals surface area contributed by atoms with Gasteiger partial charge in [-0.3, -0.25) is 4.98 Å². The molecular weight excluding hydrogens is 364 g/mol. The first-order valence-corrected chi connectivity index (χ1v) is 9.79. The summed E-state index contributed by atoms with van der Waals surface area (Å²) in [5, 5.41) is 13.7. The second kappa shape index (κ2) is 7.60. The molecule has 7 nitrogen and oxygen atoms in total. The third kappa shape index (κ3) is 3.23. The summed E-state index contributed by atoms with van der Waals surface area (Å²) in [6.45, 7) is 2.09. The highest BCUT2D eigenvalue weighted by atomic mass is 16.5. The Bertz CT molecular complexity index is 1140. The summed E-state index contributed by atoms with van der Waals surface area (Å²) >= 11 is 0. The van der Waals surface area contributed by atoms with Crippen molar-refractivity contribution in [2.45, 2.75) is 19.0 Å². The molecule has 146 valence electrons. The Hall–Kier alpha value is -3.32. The Balaban J connectivity index is 1.64. The van der Waals surface area contributed by atoms with Crippen molar-refractivity contribution in [3.05, 3.63) is 77.7 Å². The predicted molar refractivity (Wildman–Crippen MR) is 111 cm³/mol. The molecule has 29 heavy (non-hydrogen) atoms. The molecule has 1 aliphatic rings. The van der Waals surface area contributed by atoms with E-state index in [1.165, 1.54) is 11.3 Å². The number of para-hydroxylation sites is 1. The van der Waals surface area contributed by atoms with Crippen molar-refractivity contribution in [2.75, 3.05) is 25.2 Å². The van der Waals surface area contributed by atoms with Gasteiger partial charge in [-0.05, 0) is 52.2 Å². The Morgan fingerprint density at radius 1 is 1.10 bits per heavy atom. The van der Waals surface area contributed by atoms with Crippen LogP contribution in [0.5, 0.6) is 0 Å². The van der Waals surface area contributed by atoms with Gasteiger partial charge in [-0.15, -0.1) is 5.10 Å². The number of tetrazole rings is 1. The molecule has 1 atom stereocenters. The second-order valence-electron chi connectivity index (χ2n) is 7.18. The van der Waals surface area contributed by atoms with Gasteiger partial charge in [0.2, 0.25) is 0 Å². The zero-order chi connectivity index (χ0) is 19.6. The summed E-state index contributed by atoms with van der Waals surface area (Å²) in [6.07, 6.45) is 2.84. The molecule has 5 rings (SSSR count). The molecule has 0 saturated heterocycles. The van der Waals surface area contributed by atoms with Crippen molar-refractivity contribution >= 4 is 16.6 Å². The molecule has 0 N–H and O–H groups in total. The van der Waals surface area contributed by atoms with Crippen molar-refractivity contribution in [1.82, 2.24) is 25.2 Å². The Kier molecular flexibility index (Phi) is 4.65. The number of hydrogen-bond acceptors (Lipinski definition) is 6. The molecule has 1 unspecified atom stereocenters. The Labute approximate surface area is 168 Å². The molecule has 0 bridgehead atoms. The average Bonchev–Trinajstić information content (AvgIpc) is 3.40. The van der Waals surface area contributed by atoms with E-state index in [1.54, 1.807) is 7.11 Å². The summed E-state index contributed by atoms with van der Waals surface area (Å²) < 4.78 is 7.11. The number of hydrogen-bond donors (Lipinski definition) is 0. The first-order chi connectivity index (χ1) is 14.3. The summed E-state index contributed by atoms with van der Waals surface area (Å²) in [4.78, 5) is 6.86. The highest BCUT2D eigenvalue weighted by molar-refractivity contribution is 5.79. The number of ether oxygens (including phenoxy) is 1. The fourth-order valence-electron chi connectivity index (χ4n) is 4.11. The third-order valence-corrected chi connectivity index (χ3v) is 5.49. The molecule has 0 fully saturated rings. The molecular formula is C22H22N6O. The van der Waals surface area contributed by atoms with E-state index >= 15 is 0 Å².